The fraction of sp³-hybridized carbons (Fsp3) is 0.250. The van der Waals surface area contributed by atoms with E-state index in [9.17, 15) is 4.39 Å². The first-order valence-electron chi connectivity index (χ1n) is 7.24. The van der Waals surface area contributed by atoms with Gasteiger partial charge >= 0.3 is 0 Å². The third kappa shape index (κ3) is 2.31. The van der Waals surface area contributed by atoms with Gasteiger partial charge in [-0.25, -0.2) is 14.4 Å². The summed E-state index contributed by atoms with van der Waals surface area (Å²) >= 11 is 0. The van der Waals surface area contributed by atoms with Crippen molar-refractivity contribution in [2.24, 2.45) is 0 Å². The van der Waals surface area contributed by atoms with E-state index in [1.54, 1.807) is 12.3 Å². The summed E-state index contributed by atoms with van der Waals surface area (Å²) in [6.45, 7) is 2.99. The number of aromatic amines is 1. The van der Waals surface area contributed by atoms with Crippen molar-refractivity contribution < 1.29 is 9.13 Å². The molecule has 0 unspecified atom stereocenters. The number of morpholine rings is 1. The summed E-state index contributed by atoms with van der Waals surface area (Å²) in [5.41, 5.74) is 2.43. The number of nitrogens with zero attached hydrogens (tertiary/aromatic N) is 3. The van der Waals surface area contributed by atoms with Crippen molar-refractivity contribution in [2.45, 2.75) is 0 Å². The van der Waals surface area contributed by atoms with Crippen molar-refractivity contribution in [3.8, 4) is 11.4 Å². The Balaban J connectivity index is 1.80. The van der Waals surface area contributed by atoms with E-state index in [0.29, 0.717) is 19.0 Å². The molecule has 2 aromatic heterocycles. The zero-order valence-corrected chi connectivity index (χ0v) is 11.9. The first-order valence-corrected chi connectivity index (χ1v) is 7.24. The largest absolute Gasteiger partial charge is 0.378 e. The molecule has 1 N–H and O–H groups in total. The number of H-pyrrole nitrogens is 1. The number of aromatic nitrogens is 3. The highest BCUT2D eigenvalue weighted by molar-refractivity contribution is 5.88. The number of fused-ring (bicyclic) bond motifs is 1. The van der Waals surface area contributed by atoms with E-state index in [4.69, 9.17) is 4.74 Å². The number of benzene rings is 1. The van der Waals surface area contributed by atoms with E-state index in [1.165, 1.54) is 12.1 Å². The predicted octanol–water partition coefficient (Wildman–Crippen LogP) is 2.60. The second-order valence-corrected chi connectivity index (χ2v) is 5.23. The van der Waals surface area contributed by atoms with E-state index < -0.39 is 0 Å². The minimum atomic E-state index is -0.274. The molecule has 0 saturated carbocycles. The summed E-state index contributed by atoms with van der Waals surface area (Å²) in [6.07, 6.45) is 1.76. The molecule has 3 aromatic rings. The van der Waals surface area contributed by atoms with Gasteiger partial charge in [-0.15, -0.1) is 0 Å². The Bertz CT molecular complexity index is 811. The Morgan fingerprint density at radius 2 is 2.05 bits per heavy atom. The molecule has 3 heterocycles. The van der Waals surface area contributed by atoms with Crippen LogP contribution in [0, 0.1) is 5.82 Å². The maximum Gasteiger partial charge on any atom is 0.156 e. The van der Waals surface area contributed by atoms with Crippen molar-refractivity contribution in [1.29, 1.82) is 0 Å². The van der Waals surface area contributed by atoms with Gasteiger partial charge in [0, 0.05) is 24.8 Å². The van der Waals surface area contributed by atoms with E-state index in [2.05, 4.69) is 19.9 Å². The van der Waals surface area contributed by atoms with Crippen LogP contribution in [-0.2, 0) is 4.74 Å². The summed E-state index contributed by atoms with van der Waals surface area (Å²) in [7, 11) is 0. The third-order valence-electron chi connectivity index (χ3n) is 3.79. The number of halogens is 1. The van der Waals surface area contributed by atoms with Crippen LogP contribution in [0.25, 0.3) is 22.4 Å². The van der Waals surface area contributed by atoms with Crippen LogP contribution in [0.1, 0.15) is 0 Å². The highest BCUT2D eigenvalue weighted by Crippen LogP contribution is 2.27. The zero-order chi connectivity index (χ0) is 14.9. The highest BCUT2D eigenvalue weighted by Gasteiger charge is 2.18. The third-order valence-corrected chi connectivity index (χ3v) is 3.79. The van der Waals surface area contributed by atoms with E-state index in [0.717, 1.165) is 35.5 Å². The minimum absolute atomic E-state index is 0.274. The fourth-order valence-electron chi connectivity index (χ4n) is 2.70. The Morgan fingerprint density at radius 3 is 2.86 bits per heavy atom. The first kappa shape index (κ1) is 13.2. The lowest BCUT2D eigenvalue weighted by atomic mass is 10.2. The quantitative estimate of drug-likeness (QED) is 0.790. The minimum Gasteiger partial charge on any atom is -0.378 e. The molecule has 112 valence electrons. The van der Waals surface area contributed by atoms with Crippen LogP contribution >= 0.6 is 0 Å². The maximum atomic E-state index is 13.4. The van der Waals surface area contributed by atoms with Crippen molar-refractivity contribution in [3.05, 3.63) is 42.3 Å². The van der Waals surface area contributed by atoms with Gasteiger partial charge in [0.15, 0.2) is 5.82 Å². The summed E-state index contributed by atoms with van der Waals surface area (Å²) in [4.78, 5) is 14.5. The molecule has 22 heavy (non-hydrogen) atoms. The van der Waals surface area contributed by atoms with Gasteiger partial charge in [0.05, 0.1) is 18.7 Å². The summed E-state index contributed by atoms with van der Waals surface area (Å²) in [5, 5.41) is 0. The number of pyridine rings is 1. The molecule has 0 atom stereocenters. The molecule has 4 rings (SSSR count). The molecule has 5 nitrogen and oxygen atoms in total. The molecule has 1 fully saturated rings. The Labute approximate surface area is 126 Å². The molecule has 1 aliphatic rings. The van der Waals surface area contributed by atoms with E-state index >= 15 is 0 Å². The standard InChI is InChI=1S/C16H15FN4O/c17-12-3-1-2-11(10-12)15-19-13-4-5-18-16(14(13)20-15)21-6-8-22-9-7-21/h1-5,10H,6-9H2,(H,19,20). The van der Waals surface area contributed by atoms with Gasteiger partial charge in [0.2, 0.25) is 0 Å². The van der Waals surface area contributed by atoms with Gasteiger partial charge in [-0.3, -0.25) is 0 Å². The molecular weight excluding hydrogens is 283 g/mol. The maximum absolute atomic E-state index is 13.4. The van der Waals surface area contributed by atoms with Gasteiger partial charge in [-0.2, -0.15) is 0 Å². The lowest BCUT2D eigenvalue weighted by Gasteiger charge is -2.27. The van der Waals surface area contributed by atoms with Crippen LogP contribution in [0.2, 0.25) is 0 Å². The van der Waals surface area contributed by atoms with Crippen molar-refractivity contribution in [3.63, 3.8) is 0 Å². The van der Waals surface area contributed by atoms with Gasteiger partial charge in [0.1, 0.15) is 17.2 Å². The fourth-order valence-corrected chi connectivity index (χ4v) is 2.70. The number of hydrogen-bond acceptors (Lipinski definition) is 4. The van der Waals surface area contributed by atoms with Crippen LogP contribution in [0.3, 0.4) is 0 Å². The molecule has 1 aromatic carbocycles. The van der Waals surface area contributed by atoms with Crippen LogP contribution < -0.4 is 4.90 Å². The number of hydrogen-bond donors (Lipinski definition) is 1. The van der Waals surface area contributed by atoms with E-state index in [1.807, 2.05) is 12.1 Å². The topological polar surface area (TPSA) is 54.0 Å². The van der Waals surface area contributed by atoms with Gasteiger partial charge in [-0.05, 0) is 18.2 Å². The number of nitrogens with one attached hydrogen (secondary N) is 1. The molecular formula is C16H15FN4O. The molecule has 0 amide bonds. The predicted molar refractivity (Wildman–Crippen MR) is 82.3 cm³/mol. The van der Waals surface area contributed by atoms with Gasteiger partial charge < -0.3 is 14.6 Å². The normalized spacial score (nSPS) is 15.4. The van der Waals surface area contributed by atoms with Crippen LogP contribution in [0.5, 0.6) is 0 Å². The van der Waals surface area contributed by atoms with Crippen LogP contribution in [0.15, 0.2) is 36.5 Å². The molecule has 1 saturated heterocycles. The van der Waals surface area contributed by atoms with Gasteiger partial charge in [-0.1, -0.05) is 12.1 Å². The zero-order valence-electron chi connectivity index (χ0n) is 11.9. The van der Waals surface area contributed by atoms with Gasteiger partial charge in [0.25, 0.3) is 0 Å². The molecule has 1 aliphatic heterocycles. The second kappa shape index (κ2) is 5.38. The summed E-state index contributed by atoms with van der Waals surface area (Å²) in [5.74, 6) is 1.22. The second-order valence-electron chi connectivity index (χ2n) is 5.23. The molecule has 0 bridgehead atoms. The monoisotopic (exact) mass is 298 g/mol. The summed E-state index contributed by atoms with van der Waals surface area (Å²) in [6, 6.07) is 8.29. The SMILES string of the molecule is Fc1cccc(-c2nc3c(N4CCOCC4)nccc3[nH]2)c1. The number of anilines is 1. The number of ether oxygens (including phenoxy) is 1. The molecule has 0 spiro atoms. The molecule has 0 aliphatic carbocycles. The Kier molecular flexibility index (Phi) is 3.23. The first-order chi connectivity index (χ1) is 10.8. The molecule has 6 heteroatoms. The van der Waals surface area contributed by atoms with Crippen LogP contribution in [-0.4, -0.2) is 41.3 Å². The summed E-state index contributed by atoms with van der Waals surface area (Å²) < 4.78 is 18.8. The Hall–Kier alpha value is -2.47. The van der Waals surface area contributed by atoms with E-state index in [-0.39, 0.29) is 5.82 Å². The van der Waals surface area contributed by atoms with Crippen molar-refractivity contribution in [2.75, 3.05) is 31.2 Å². The molecule has 0 radical (unpaired) electrons. The highest BCUT2D eigenvalue weighted by atomic mass is 19.1. The average Bonchev–Trinajstić information content (AvgIpc) is 3.00. The van der Waals surface area contributed by atoms with Crippen molar-refractivity contribution >= 4 is 16.9 Å². The lowest BCUT2D eigenvalue weighted by molar-refractivity contribution is 0.122. The van der Waals surface area contributed by atoms with Crippen LogP contribution in [0.4, 0.5) is 10.2 Å². The number of rotatable bonds is 2. The lowest BCUT2D eigenvalue weighted by Crippen LogP contribution is -2.36. The average molecular weight is 298 g/mol. The van der Waals surface area contributed by atoms with Crippen molar-refractivity contribution in [1.82, 2.24) is 15.0 Å². The Morgan fingerprint density at radius 1 is 1.18 bits per heavy atom. The smallest absolute Gasteiger partial charge is 0.156 e. The number of imidazole rings is 1.